The number of carboxylic acid groups (broad SMARTS) is 1. The van der Waals surface area contributed by atoms with Crippen molar-refractivity contribution in [1.29, 1.82) is 0 Å². The zero-order valence-corrected chi connectivity index (χ0v) is 7.25. The molecule has 0 saturated carbocycles. The van der Waals surface area contributed by atoms with Crippen molar-refractivity contribution in [2.24, 2.45) is 0 Å². The molecule has 0 atom stereocenters. The fourth-order valence-corrected chi connectivity index (χ4v) is 0.987. The summed E-state index contributed by atoms with van der Waals surface area (Å²) in [5.74, 6) is -3.87. The van der Waals surface area contributed by atoms with Gasteiger partial charge in [-0.3, -0.25) is 4.79 Å². The molecule has 1 aromatic rings. The van der Waals surface area contributed by atoms with Gasteiger partial charge in [0.1, 0.15) is 5.69 Å². The van der Waals surface area contributed by atoms with E-state index >= 15 is 0 Å². The van der Waals surface area contributed by atoms with E-state index in [1.807, 2.05) is 0 Å². The van der Waals surface area contributed by atoms with Gasteiger partial charge in [-0.15, -0.1) is 0 Å². The van der Waals surface area contributed by atoms with Crippen molar-refractivity contribution in [2.45, 2.75) is 12.8 Å². The maximum Gasteiger partial charge on any atom is 0.307 e. The minimum atomic E-state index is -3.02. The Morgan fingerprint density at radius 2 is 2.13 bits per heavy atom. The summed E-state index contributed by atoms with van der Waals surface area (Å²) in [6.07, 6.45) is -3.77. The first-order chi connectivity index (χ1) is 6.91. The van der Waals surface area contributed by atoms with Crippen molar-refractivity contribution in [3.63, 3.8) is 0 Å². The zero-order chi connectivity index (χ0) is 11.6. The van der Waals surface area contributed by atoms with Gasteiger partial charge in [0.25, 0.3) is 12.4 Å². The Morgan fingerprint density at radius 1 is 1.53 bits per heavy atom. The highest BCUT2D eigenvalue weighted by Crippen LogP contribution is 2.25. The number of aliphatic carboxylic acids is 1. The van der Waals surface area contributed by atoms with Gasteiger partial charge in [-0.25, -0.2) is 13.8 Å². The van der Waals surface area contributed by atoms with E-state index in [4.69, 9.17) is 10.2 Å². The molecule has 0 aliphatic rings. The van der Waals surface area contributed by atoms with Crippen molar-refractivity contribution in [3.05, 3.63) is 23.3 Å². The number of aromatic nitrogens is 1. The number of halogens is 3. The Balaban J connectivity index is 3.18. The Kier molecular flexibility index (Phi) is 3.13. The highest BCUT2D eigenvalue weighted by Gasteiger charge is 2.18. The molecule has 0 amide bonds. The number of nitrogens with zero attached hydrogens (tertiary/aromatic N) is 1. The number of hydrogen-bond acceptors (Lipinski definition) is 3. The second kappa shape index (κ2) is 4.16. The van der Waals surface area contributed by atoms with Crippen LogP contribution < -0.4 is 0 Å². The molecule has 7 heteroatoms. The molecule has 0 aliphatic heterocycles. The first kappa shape index (κ1) is 11.3. The summed E-state index contributed by atoms with van der Waals surface area (Å²) >= 11 is 0. The molecule has 1 aromatic heterocycles. The first-order valence-electron chi connectivity index (χ1n) is 3.80. The Morgan fingerprint density at radius 3 is 2.60 bits per heavy atom. The third-order valence-electron chi connectivity index (χ3n) is 1.61. The minimum Gasteiger partial charge on any atom is -0.503 e. The predicted molar refractivity (Wildman–Crippen MR) is 42.2 cm³/mol. The topological polar surface area (TPSA) is 70.4 Å². The van der Waals surface area contributed by atoms with Gasteiger partial charge in [0.2, 0.25) is 0 Å². The number of hydrogen-bond donors (Lipinski definition) is 2. The van der Waals surface area contributed by atoms with Crippen molar-refractivity contribution in [3.8, 4) is 5.75 Å². The molecule has 0 aliphatic carbocycles. The van der Waals surface area contributed by atoms with Crippen LogP contribution in [0.1, 0.15) is 17.7 Å². The van der Waals surface area contributed by atoms with Gasteiger partial charge >= 0.3 is 5.97 Å². The summed E-state index contributed by atoms with van der Waals surface area (Å²) in [5.41, 5.74) is -1.33. The molecule has 0 radical (unpaired) electrons. The van der Waals surface area contributed by atoms with Gasteiger partial charge in [0.05, 0.1) is 6.42 Å². The summed E-state index contributed by atoms with van der Waals surface area (Å²) in [6.45, 7) is 0. The SMILES string of the molecule is O=C(O)Cc1cc(C(F)F)nc(F)c1O. The minimum absolute atomic E-state index is 0.426. The molecule has 2 N–H and O–H groups in total. The maximum atomic E-state index is 12.8. The van der Waals surface area contributed by atoms with Crippen LogP contribution in [0.3, 0.4) is 0 Å². The van der Waals surface area contributed by atoms with Crippen LogP contribution in [-0.2, 0) is 11.2 Å². The Labute approximate surface area is 82.0 Å². The molecule has 0 spiro atoms. The van der Waals surface area contributed by atoms with Crippen LogP contribution in [-0.4, -0.2) is 21.2 Å². The molecule has 4 nitrogen and oxygen atoms in total. The molecule has 15 heavy (non-hydrogen) atoms. The van der Waals surface area contributed by atoms with E-state index in [9.17, 15) is 18.0 Å². The van der Waals surface area contributed by atoms with Crippen LogP contribution in [0, 0.1) is 5.95 Å². The summed E-state index contributed by atoms with van der Waals surface area (Å²) in [5, 5.41) is 17.4. The standard InChI is InChI=1S/C8H6F3NO3/c9-7(10)4-1-3(2-5(13)14)6(15)8(11)12-4/h1,7,15H,2H2,(H,13,14). The van der Waals surface area contributed by atoms with E-state index in [0.717, 1.165) is 0 Å². The molecule has 0 fully saturated rings. The summed E-state index contributed by atoms with van der Waals surface area (Å²) in [7, 11) is 0. The molecule has 82 valence electrons. The molecular weight excluding hydrogens is 215 g/mol. The number of carboxylic acids is 1. The number of rotatable bonds is 3. The summed E-state index contributed by atoms with van der Waals surface area (Å²) in [6, 6.07) is 0.664. The van der Waals surface area contributed by atoms with Gasteiger partial charge in [-0.2, -0.15) is 4.39 Å². The quantitative estimate of drug-likeness (QED) is 0.758. The zero-order valence-electron chi connectivity index (χ0n) is 7.25. The van der Waals surface area contributed by atoms with E-state index in [0.29, 0.717) is 6.07 Å². The second-order valence-corrected chi connectivity index (χ2v) is 2.72. The van der Waals surface area contributed by atoms with E-state index in [-0.39, 0.29) is 0 Å². The fourth-order valence-electron chi connectivity index (χ4n) is 0.987. The van der Waals surface area contributed by atoms with Gasteiger partial charge in [-0.05, 0) is 6.07 Å². The molecule has 0 bridgehead atoms. The van der Waals surface area contributed by atoms with Crippen molar-refractivity contribution in [2.75, 3.05) is 0 Å². The molecule has 1 rings (SSSR count). The number of pyridine rings is 1. The molecule has 0 aromatic carbocycles. The highest BCUT2D eigenvalue weighted by atomic mass is 19.3. The van der Waals surface area contributed by atoms with Crippen molar-refractivity contribution < 1.29 is 28.2 Å². The molecule has 0 unspecified atom stereocenters. The molecule has 0 saturated heterocycles. The lowest BCUT2D eigenvalue weighted by Crippen LogP contribution is -2.04. The third-order valence-corrected chi connectivity index (χ3v) is 1.61. The smallest absolute Gasteiger partial charge is 0.307 e. The second-order valence-electron chi connectivity index (χ2n) is 2.72. The van der Waals surface area contributed by atoms with E-state index in [1.165, 1.54) is 0 Å². The lowest BCUT2D eigenvalue weighted by atomic mass is 10.1. The van der Waals surface area contributed by atoms with E-state index in [1.54, 1.807) is 0 Å². The van der Waals surface area contributed by atoms with Gasteiger partial charge in [-0.1, -0.05) is 0 Å². The van der Waals surface area contributed by atoms with Crippen LogP contribution in [0.15, 0.2) is 6.07 Å². The Bertz CT molecular complexity index is 395. The monoisotopic (exact) mass is 221 g/mol. The Hall–Kier alpha value is -1.79. The summed E-state index contributed by atoms with van der Waals surface area (Å²) in [4.78, 5) is 13.1. The maximum absolute atomic E-state index is 12.8. The fraction of sp³-hybridized carbons (Fsp3) is 0.250. The average molecular weight is 221 g/mol. The van der Waals surface area contributed by atoms with Crippen LogP contribution in [0.4, 0.5) is 13.2 Å². The normalized spacial score (nSPS) is 10.7. The van der Waals surface area contributed by atoms with Crippen LogP contribution in [0.25, 0.3) is 0 Å². The first-order valence-corrected chi connectivity index (χ1v) is 3.80. The predicted octanol–water partition coefficient (Wildman–Crippen LogP) is 1.49. The van der Waals surface area contributed by atoms with Crippen LogP contribution in [0.2, 0.25) is 0 Å². The average Bonchev–Trinajstić information content (AvgIpc) is 2.11. The van der Waals surface area contributed by atoms with Crippen molar-refractivity contribution in [1.82, 2.24) is 4.98 Å². The third kappa shape index (κ3) is 2.58. The van der Waals surface area contributed by atoms with Crippen molar-refractivity contribution >= 4 is 5.97 Å². The van der Waals surface area contributed by atoms with Gasteiger partial charge in [0.15, 0.2) is 5.75 Å². The number of carbonyl (C=O) groups is 1. The van der Waals surface area contributed by atoms with Gasteiger partial charge in [0, 0.05) is 5.56 Å². The lowest BCUT2D eigenvalue weighted by Gasteiger charge is -2.05. The van der Waals surface area contributed by atoms with Crippen LogP contribution in [0.5, 0.6) is 5.75 Å². The lowest BCUT2D eigenvalue weighted by molar-refractivity contribution is -0.136. The van der Waals surface area contributed by atoms with Gasteiger partial charge < -0.3 is 10.2 Å². The van der Waals surface area contributed by atoms with E-state index in [2.05, 4.69) is 4.98 Å². The number of alkyl halides is 2. The van der Waals surface area contributed by atoms with Crippen LogP contribution >= 0.6 is 0 Å². The summed E-state index contributed by atoms with van der Waals surface area (Å²) < 4.78 is 37.0. The number of aromatic hydroxyl groups is 1. The highest BCUT2D eigenvalue weighted by molar-refractivity contribution is 5.71. The molecule has 1 heterocycles. The van der Waals surface area contributed by atoms with E-state index < -0.39 is 41.8 Å². The largest absolute Gasteiger partial charge is 0.503 e. The molecular formula is C8H6F3NO3.